The number of ether oxygens (including phenoxy) is 1. The number of rotatable bonds is 2. The summed E-state index contributed by atoms with van der Waals surface area (Å²) in [5.74, 6) is 2.23. The summed E-state index contributed by atoms with van der Waals surface area (Å²) < 4.78 is 6.05. The molecular weight excluding hydrogens is 228 g/mol. The molecule has 3 atom stereocenters. The minimum atomic E-state index is 0.423. The molecule has 3 rings (SSSR count). The van der Waals surface area contributed by atoms with Crippen LogP contribution in [0.2, 0.25) is 0 Å². The standard InChI is InChI=1S/C15H20OS/c17-15-8-6-11-9-14(7-5-12(11)10-15)16-13-3-1-2-4-13/h5-9,11-13,15,17H,1-4,10H2. The van der Waals surface area contributed by atoms with Gasteiger partial charge in [0.1, 0.15) is 5.76 Å². The van der Waals surface area contributed by atoms with Crippen LogP contribution in [0.25, 0.3) is 0 Å². The number of thiol groups is 1. The smallest absolute Gasteiger partial charge is 0.116 e. The van der Waals surface area contributed by atoms with Crippen molar-refractivity contribution in [2.45, 2.75) is 43.5 Å². The molecular formula is C15H20OS. The minimum absolute atomic E-state index is 0.423. The van der Waals surface area contributed by atoms with E-state index in [1.165, 1.54) is 25.7 Å². The second kappa shape index (κ2) is 4.93. The molecule has 0 aromatic rings. The predicted octanol–water partition coefficient (Wildman–Crippen LogP) is 3.89. The van der Waals surface area contributed by atoms with Crippen molar-refractivity contribution in [3.63, 3.8) is 0 Å². The first kappa shape index (κ1) is 11.5. The molecule has 0 amide bonds. The molecule has 0 spiro atoms. The molecule has 1 saturated carbocycles. The summed E-state index contributed by atoms with van der Waals surface area (Å²) in [4.78, 5) is 0. The first-order valence-electron chi connectivity index (χ1n) is 6.74. The first-order chi connectivity index (χ1) is 8.31. The first-order valence-corrected chi connectivity index (χ1v) is 7.26. The van der Waals surface area contributed by atoms with Gasteiger partial charge >= 0.3 is 0 Å². The van der Waals surface area contributed by atoms with Gasteiger partial charge in [0.05, 0.1) is 6.10 Å². The molecule has 3 unspecified atom stereocenters. The van der Waals surface area contributed by atoms with E-state index in [9.17, 15) is 0 Å². The Balaban J connectivity index is 1.67. The van der Waals surface area contributed by atoms with Gasteiger partial charge in [0.2, 0.25) is 0 Å². The largest absolute Gasteiger partial charge is 0.491 e. The summed E-state index contributed by atoms with van der Waals surface area (Å²) in [6, 6.07) is 0. The zero-order valence-corrected chi connectivity index (χ0v) is 11.0. The lowest BCUT2D eigenvalue weighted by Gasteiger charge is -2.29. The molecule has 1 nitrogen and oxygen atoms in total. The van der Waals surface area contributed by atoms with Crippen molar-refractivity contribution < 1.29 is 4.74 Å². The lowest BCUT2D eigenvalue weighted by Crippen LogP contribution is -2.21. The van der Waals surface area contributed by atoms with Crippen LogP contribution in [0.5, 0.6) is 0 Å². The Bertz CT molecular complexity index is 363. The Kier molecular flexibility index (Phi) is 3.32. The van der Waals surface area contributed by atoms with Crippen molar-refractivity contribution in [1.82, 2.24) is 0 Å². The van der Waals surface area contributed by atoms with Gasteiger partial charge in [-0.3, -0.25) is 0 Å². The van der Waals surface area contributed by atoms with Gasteiger partial charge in [0, 0.05) is 11.2 Å². The van der Waals surface area contributed by atoms with Gasteiger partial charge in [-0.2, -0.15) is 12.6 Å². The monoisotopic (exact) mass is 248 g/mol. The van der Waals surface area contributed by atoms with Gasteiger partial charge in [0.15, 0.2) is 0 Å². The minimum Gasteiger partial charge on any atom is -0.491 e. The number of hydrogen-bond acceptors (Lipinski definition) is 2. The van der Waals surface area contributed by atoms with Gasteiger partial charge in [-0.25, -0.2) is 0 Å². The molecule has 92 valence electrons. The molecule has 0 bridgehead atoms. The molecule has 3 aliphatic rings. The van der Waals surface area contributed by atoms with Crippen molar-refractivity contribution in [2.75, 3.05) is 0 Å². The number of allylic oxidation sites excluding steroid dienone is 4. The van der Waals surface area contributed by atoms with Crippen molar-refractivity contribution >= 4 is 12.6 Å². The Morgan fingerprint density at radius 3 is 2.76 bits per heavy atom. The lowest BCUT2D eigenvalue weighted by atomic mass is 9.81. The molecule has 17 heavy (non-hydrogen) atoms. The van der Waals surface area contributed by atoms with E-state index in [0.29, 0.717) is 23.2 Å². The second-order valence-electron chi connectivity index (χ2n) is 5.38. The van der Waals surface area contributed by atoms with Crippen LogP contribution in [0.4, 0.5) is 0 Å². The normalized spacial score (nSPS) is 36.8. The van der Waals surface area contributed by atoms with Crippen LogP contribution in [0.3, 0.4) is 0 Å². The van der Waals surface area contributed by atoms with Crippen molar-refractivity contribution in [3.05, 3.63) is 36.1 Å². The zero-order chi connectivity index (χ0) is 11.7. The molecule has 0 aliphatic heterocycles. The van der Waals surface area contributed by atoms with Crippen molar-refractivity contribution in [1.29, 1.82) is 0 Å². The van der Waals surface area contributed by atoms with Crippen LogP contribution < -0.4 is 0 Å². The van der Waals surface area contributed by atoms with Gasteiger partial charge in [-0.05, 0) is 50.2 Å². The Hall–Kier alpha value is -0.630. The van der Waals surface area contributed by atoms with Crippen LogP contribution >= 0.6 is 12.6 Å². The quantitative estimate of drug-likeness (QED) is 0.576. The average Bonchev–Trinajstić information content (AvgIpc) is 2.82. The van der Waals surface area contributed by atoms with E-state index >= 15 is 0 Å². The van der Waals surface area contributed by atoms with Gasteiger partial charge in [0.25, 0.3) is 0 Å². The lowest BCUT2D eigenvalue weighted by molar-refractivity contribution is 0.128. The Morgan fingerprint density at radius 2 is 1.94 bits per heavy atom. The zero-order valence-electron chi connectivity index (χ0n) is 10.1. The fourth-order valence-electron chi connectivity index (χ4n) is 3.04. The summed E-state index contributed by atoms with van der Waals surface area (Å²) in [5.41, 5.74) is 0. The van der Waals surface area contributed by atoms with E-state index in [0.717, 1.165) is 12.2 Å². The summed E-state index contributed by atoms with van der Waals surface area (Å²) in [6.07, 6.45) is 18.0. The molecule has 0 N–H and O–H groups in total. The maximum Gasteiger partial charge on any atom is 0.116 e. The SMILES string of the molecule is SC1C=CC2C=C(OC3CCCC3)C=CC2C1. The third-order valence-corrected chi connectivity index (χ3v) is 4.42. The maximum absolute atomic E-state index is 6.05. The van der Waals surface area contributed by atoms with E-state index in [1.54, 1.807) is 0 Å². The molecule has 2 heteroatoms. The molecule has 0 heterocycles. The highest BCUT2D eigenvalue weighted by Gasteiger charge is 2.26. The maximum atomic E-state index is 6.05. The van der Waals surface area contributed by atoms with Crippen LogP contribution in [-0.2, 0) is 4.74 Å². The average molecular weight is 248 g/mol. The van der Waals surface area contributed by atoms with Crippen molar-refractivity contribution in [2.24, 2.45) is 11.8 Å². The fourth-order valence-corrected chi connectivity index (χ4v) is 3.38. The molecule has 3 aliphatic carbocycles. The summed E-state index contributed by atoms with van der Waals surface area (Å²) in [7, 11) is 0. The van der Waals surface area contributed by atoms with Gasteiger partial charge in [-0.1, -0.05) is 18.2 Å². The van der Waals surface area contributed by atoms with Crippen LogP contribution in [0, 0.1) is 11.8 Å². The molecule has 0 radical (unpaired) electrons. The summed E-state index contributed by atoms with van der Waals surface area (Å²) in [5, 5.41) is 0.423. The third kappa shape index (κ3) is 2.62. The molecule has 0 aromatic heterocycles. The summed E-state index contributed by atoms with van der Waals surface area (Å²) in [6.45, 7) is 0. The molecule has 0 saturated heterocycles. The summed E-state index contributed by atoms with van der Waals surface area (Å²) >= 11 is 4.52. The van der Waals surface area contributed by atoms with E-state index in [-0.39, 0.29) is 0 Å². The Labute approximate surface area is 109 Å². The Morgan fingerprint density at radius 1 is 1.12 bits per heavy atom. The van der Waals surface area contributed by atoms with E-state index in [2.05, 4.69) is 43.0 Å². The number of hydrogen-bond donors (Lipinski definition) is 1. The second-order valence-corrected chi connectivity index (χ2v) is 6.04. The molecule has 1 fully saturated rings. The van der Waals surface area contributed by atoms with E-state index in [4.69, 9.17) is 4.74 Å². The van der Waals surface area contributed by atoms with E-state index in [1.807, 2.05) is 0 Å². The highest BCUT2D eigenvalue weighted by molar-refractivity contribution is 7.81. The van der Waals surface area contributed by atoms with Crippen LogP contribution in [0.15, 0.2) is 36.1 Å². The van der Waals surface area contributed by atoms with Crippen molar-refractivity contribution in [3.8, 4) is 0 Å². The third-order valence-electron chi connectivity index (χ3n) is 4.03. The topological polar surface area (TPSA) is 9.23 Å². The highest BCUT2D eigenvalue weighted by atomic mass is 32.1. The number of fused-ring (bicyclic) bond motifs is 1. The highest BCUT2D eigenvalue weighted by Crippen LogP contribution is 2.34. The van der Waals surface area contributed by atoms with Gasteiger partial charge in [-0.15, -0.1) is 0 Å². The fraction of sp³-hybridized carbons (Fsp3) is 0.600. The van der Waals surface area contributed by atoms with Crippen LogP contribution in [-0.4, -0.2) is 11.4 Å². The van der Waals surface area contributed by atoms with E-state index < -0.39 is 0 Å². The van der Waals surface area contributed by atoms with Crippen LogP contribution in [0.1, 0.15) is 32.1 Å². The predicted molar refractivity (Wildman–Crippen MR) is 74.1 cm³/mol. The molecule has 0 aromatic carbocycles. The van der Waals surface area contributed by atoms with Gasteiger partial charge < -0.3 is 4.74 Å².